The molecule has 7 heteroatoms. The molecule has 0 atom stereocenters. The zero-order valence-electron chi connectivity index (χ0n) is 13.8. The largest absolute Gasteiger partial charge is 0.330 e. The molecule has 1 aliphatic rings. The van der Waals surface area contributed by atoms with E-state index in [1.807, 2.05) is 21.7 Å². The number of hydrogen-bond acceptors (Lipinski definition) is 4. The van der Waals surface area contributed by atoms with Gasteiger partial charge in [0.2, 0.25) is 0 Å². The number of halogens is 1. The van der Waals surface area contributed by atoms with Gasteiger partial charge < -0.3 is 4.90 Å². The lowest BCUT2D eigenvalue weighted by atomic mass is 10.2. The molecule has 1 amide bonds. The summed E-state index contributed by atoms with van der Waals surface area (Å²) in [5, 5.41) is 8.23. The first-order chi connectivity index (χ1) is 12.6. The summed E-state index contributed by atoms with van der Waals surface area (Å²) in [4.78, 5) is 26.9. The normalized spacial score (nSPS) is 13.6. The summed E-state index contributed by atoms with van der Waals surface area (Å²) in [6.45, 7) is 0.532. The van der Waals surface area contributed by atoms with Crippen LogP contribution < -0.4 is 5.56 Å². The molecular formula is C19H16FN3O2S. The van der Waals surface area contributed by atoms with Crippen LogP contribution in [0, 0.1) is 5.82 Å². The van der Waals surface area contributed by atoms with Gasteiger partial charge >= 0.3 is 0 Å². The number of carbonyl (C=O) groups excluding carboxylic acids is 1. The lowest BCUT2D eigenvalue weighted by Crippen LogP contribution is -2.34. The Morgan fingerprint density at radius 3 is 2.62 bits per heavy atom. The molecule has 26 heavy (non-hydrogen) atoms. The van der Waals surface area contributed by atoms with Crippen LogP contribution >= 0.6 is 11.3 Å². The van der Waals surface area contributed by atoms with E-state index in [1.165, 1.54) is 36.4 Å². The van der Waals surface area contributed by atoms with Crippen LogP contribution in [0.25, 0.3) is 5.69 Å². The van der Waals surface area contributed by atoms with Gasteiger partial charge in [-0.3, -0.25) is 9.59 Å². The Labute approximate surface area is 153 Å². The van der Waals surface area contributed by atoms with Crippen LogP contribution in [0.1, 0.15) is 28.9 Å². The van der Waals surface area contributed by atoms with E-state index in [0.717, 1.165) is 23.1 Å². The molecule has 0 bridgehead atoms. The first kappa shape index (κ1) is 16.7. The molecule has 1 fully saturated rings. The van der Waals surface area contributed by atoms with E-state index in [1.54, 1.807) is 11.3 Å². The predicted octanol–water partition coefficient (Wildman–Crippen LogP) is 3.24. The average molecular weight is 369 g/mol. The van der Waals surface area contributed by atoms with Crippen molar-refractivity contribution in [3.05, 3.63) is 80.7 Å². The summed E-state index contributed by atoms with van der Waals surface area (Å²) in [5.74, 6) is -0.598. The Hall–Kier alpha value is -2.80. The van der Waals surface area contributed by atoms with Crippen molar-refractivity contribution in [2.45, 2.75) is 25.4 Å². The number of rotatable bonds is 5. The Morgan fingerprint density at radius 2 is 1.96 bits per heavy atom. The molecule has 132 valence electrons. The predicted molar refractivity (Wildman–Crippen MR) is 97.0 cm³/mol. The molecule has 1 aliphatic carbocycles. The summed E-state index contributed by atoms with van der Waals surface area (Å²) in [7, 11) is 0. The second-order valence-electron chi connectivity index (χ2n) is 6.24. The van der Waals surface area contributed by atoms with E-state index < -0.39 is 5.82 Å². The fourth-order valence-corrected chi connectivity index (χ4v) is 3.43. The Bertz CT molecular complexity index is 979. The third-order valence-electron chi connectivity index (χ3n) is 4.27. The van der Waals surface area contributed by atoms with Crippen molar-refractivity contribution in [2.24, 2.45) is 0 Å². The van der Waals surface area contributed by atoms with Crippen LogP contribution in [0.2, 0.25) is 0 Å². The van der Waals surface area contributed by atoms with Crippen LogP contribution in [-0.2, 0) is 6.54 Å². The maximum Gasteiger partial charge on any atom is 0.274 e. The summed E-state index contributed by atoms with van der Waals surface area (Å²) in [6.07, 6.45) is 1.96. The van der Waals surface area contributed by atoms with Crippen LogP contribution in [0.3, 0.4) is 0 Å². The third-order valence-corrected chi connectivity index (χ3v) is 5.00. The lowest BCUT2D eigenvalue weighted by Gasteiger charge is -2.21. The molecule has 1 aromatic carbocycles. The topological polar surface area (TPSA) is 55.2 Å². The SMILES string of the molecule is O=C(c1ccc(=O)n(-c2ccc(F)cc2)n1)N(Cc1ccsc1)C1CC1. The van der Waals surface area contributed by atoms with Crippen molar-refractivity contribution in [3.63, 3.8) is 0 Å². The minimum atomic E-state index is -0.398. The number of amides is 1. The fourth-order valence-electron chi connectivity index (χ4n) is 2.77. The highest BCUT2D eigenvalue weighted by Gasteiger charge is 2.34. The van der Waals surface area contributed by atoms with Gasteiger partial charge in [0.15, 0.2) is 0 Å². The van der Waals surface area contributed by atoms with E-state index >= 15 is 0 Å². The van der Waals surface area contributed by atoms with Gasteiger partial charge in [-0.15, -0.1) is 0 Å². The summed E-state index contributed by atoms with van der Waals surface area (Å²) < 4.78 is 14.3. The molecule has 0 aliphatic heterocycles. The molecule has 4 rings (SSSR count). The first-order valence-corrected chi connectivity index (χ1v) is 9.24. The number of thiophene rings is 1. The first-order valence-electron chi connectivity index (χ1n) is 8.30. The minimum absolute atomic E-state index is 0.199. The molecule has 0 N–H and O–H groups in total. The maximum absolute atomic E-state index is 13.1. The van der Waals surface area contributed by atoms with Gasteiger partial charge in [0, 0.05) is 18.7 Å². The number of hydrogen-bond donors (Lipinski definition) is 0. The van der Waals surface area contributed by atoms with Crippen LogP contribution in [0.15, 0.2) is 58.0 Å². The van der Waals surface area contributed by atoms with Crippen LogP contribution in [-0.4, -0.2) is 26.6 Å². The minimum Gasteiger partial charge on any atom is -0.330 e. The van der Waals surface area contributed by atoms with Crippen LogP contribution in [0.4, 0.5) is 4.39 Å². The van der Waals surface area contributed by atoms with Crippen LogP contribution in [0.5, 0.6) is 0 Å². The Morgan fingerprint density at radius 1 is 1.19 bits per heavy atom. The quantitative estimate of drug-likeness (QED) is 0.694. The number of benzene rings is 1. The molecule has 0 radical (unpaired) electrons. The van der Waals surface area contributed by atoms with Gasteiger partial charge in [-0.1, -0.05) is 0 Å². The van der Waals surface area contributed by atoms with Gasteiger partial charge in [0.25, 0.3) is 11.5 Å². The van der Waals surface area contributed by atoms with E-state index in [0.29, 0.717) is 12.2 Å². The molecule has 2 aromatic heterocycles. The van der Waals surface area contributed by atoms with Gasteiger partial charge in [-0.25, -0.2) is 4.39 Å². The van der Waals surface area contributed by atoms with E-state index in [2.05, 4.69) is 5.10 Å². The van der Waals surface area contributed by atoms with E-state index in [9.17, 15) is 14.0 Å². The molecule has 0 saturated heterocycles. The highest BCUT2D eigenvalue weighted by molar-refractivity contribution is 7.07. The molecular weight excluding hydrogens is 353 g/mol. The zero-order chi connectivity index (χ0) is 18.1. The molecule has 3 aromatic rings. The zero-order valence-corrected chi connectivity index (χ0v) is 14.7. The van der Waals surface area contributed by atoms with Crippen molar-refractivity contribution in [2.75, 3.05) is 0 Å². The second-order valence-corrected chi connectivity index (χ2v) is 7.02. The van der Waals surface area contributed by atoms with Crippen molar-refractivity contribution < 1.29 is 9.18 Å². The molecule has 2 heterocycles. The Balaban J connectivity index is 1.66. The number of carbonyl (C=O) groups is 1. The second kappa shape index (κ2) is 6.84. The van der Waals surface area contributed by atoms with Crippen molar-refractivity contribution in [3.8, 4) is 5.69 Å². The van der Waals surface area contributed by atoms with Gasteiger partial charge in [0.05, 0.1) is 5.69 Å². The summed E-state index contributed by atoms with van der Waals surface area (Å²) >= 11 is 1.59. The molecule has 1 saturated carbocycles. The van der Waals surface area contributed by atoms with E-state index in [4.69, 9.17) is 0 Å². The lowest BCUT2D eigenvalue weighted by molar-refractivity contribution is 0.0722. The fraction of sp³-hybridized carbons (Fsp3) is 0.211. The van der Waals surface area contributed by atoms with Crippen molar-refractivity contribution >= 4 is 17.2 Å². The highest BCUT2D eigenvalue weighted by Crippen LogP contribution is 2.29. The Kier molecular flexibility index (Phi) is 4.38. The maximum atomic E-state index is 13.1. The number of aromatic nitrogens is 2. The molecule has 0 spiro atoms. The van der Waals surface area contributed by atoms with Gasteiger partial charge in [-0.2, -0.15) is 21.1 Å². The average Bonchev–Trinajstić information content (AvgIpc) is 3.36. The van der Waals surface area contributed by atoms with Crippen molar-refractivity contribution in [1.82, 2.24) is 14.7 Å². The van der Waals surface area contributed by atoms with Crippen molar-refractivity contribution in [1.29, 1.82) is 0 Å². The monoisotopic (exact) mass is 369 g/mol. The van der Waals surface area contributed by atoms with Gasteiger partial charge in [-0.05, 0) is 65.6 Å². The summed E-state index contributed by atoms with van der Waals surface area (Å²) in [5.41, 5.74) is 1.34. The molecule has 5 nitrogen and oxygen atoms in total. The number of nitrogens with zero attached hydrogens (tertiary/aromatic N) is 3. The third kappa shape index (κ3) is 3.43. The van der Waals surface area contributed by atoms with E-state index in [-0.39, 0.29) is 23.2 Å². The molecule has 0 unspecified atom stereocenters. The summed E-state index contributed by atoms with van der Waals surface area (Å²) in [6, 6.07) is 10.4. The highest BCUT2D eigenvalue weighted by atomic mass is 32.1. The standard InChI is InChI=1S/C19H16FN3O2S/c20-14-1-3-16(4-2-14)23-18(24)8-7-17(21-23)19(25)22(15-5-6-15)11-13-9-10-26-12-13/h1-4,7-10,12,15H,5-6,11H2. The smallest absolute Gasteiger partial charge is 0.274 e. The van der Waals surface area contributed by atoms with Gasteiger partial charge in [0.1, 0.15) is 11.5 Å².